The van der Waals surface area contributed by atoms with Gasteiger partial charge < -0.3 is 19.9 Å². The molecule has 2 aliphatic rings. The fourth-order valence-corrected chi connectivity index (χ4v) is 8.95. The summed E-state index contributed by atoms with van der Waals surface area (Å²) in [6.07, 6.45) is 0. The molecule has 0 atom stereocenters. The van der Waals surface area contributed by atoms with Gasteiger partial charge in [-0.05, 0) is 71.8 Å². The predicted molar refractivity (Wildman–Crippen MR) is 205 cm³/mol. The zero-order chi connectivity index (χ0) is 40.3. The van der Waals surface area contributed by atoms with Gasteiger partial charge in [-0.1, -0.05) is 36.4 Å². The molecule has 4 aromatic rings. The molecule has 2 saturated heterocycles. The van der Waals surface area contributed by atoms with Crippen molar-refractivity contribution < 1.29 is 49.4 Å². The maximum Gasteiger partial charge on any atom is 0.337 e. The standard InChI is InChI=1S/C19H22FN3O4S.C19H21FN2O5S/c20-17-5-7-18(8-6-17)23(28(25,26)22-9-11-27-12-10-22)14-15-1-3-16(4-2-15)19(24)13-21;1-26-19(23)16-4-2-15(3-5-16)14-22(18-8-6-17(20)7-9-18)28(24,25)21-10-12-27-13-11-21/h1-8H,9-14,21H2;2-9H,10-14H2,1H3. The molecule has 4 aromatic carbocycles. The van der Waals surface area contributed by atoms with Gasteiger partial charge in [0.05, 0.1) is 70.1 Å². The number of hydrogen-bond donors (Lipinski definition) is 1. The SMILES string of the molecule is COC(=O)c1ccc(CN(c2ccc(F)cc2)S(=O)(=O)N2CCOCC2)cc1.NCC(=O)c1ccc(CN(c2ccc(F)cc2)S(=O)(=O)N2CCOCC2)cc1. The minimum Gasteiger partial charge on any atom is -0.465 e. The summed E-state index contributed by atoms with van der Waals surface area (Å²) >= 11 is 0. The van der Waals surface area contributed by atoms with Crippen molar-refractivity contribution in [1.82, 2.24) is 8.61 Å². The molecule has 2 aliphatic heterocycles. The Labute approximate surface area is 325 Å². The highest BCUT2D eigenvalue weighted by atomic mass is 32.2. The highest BCUT2D eigenvalue weighted by molar-refractivity contribution is 7.90. The van der Waals surface area contributed by atoms with E-state index in [-0.39, 0.29) is 51.6 Å². The third-order valence-electron chi connectivity index (χ3n) is 8.87. The van der Waals surface area contributed by atoms with Crippen LogP contribution in [0.5, 0.6) is 0 Å². The Balaban J connectivity index is 0.000000214. The molecule has 0 radical (unpaired) electrons. The minimum absolute atomic E-state index is 0.0345. The van der Waals surface area contributed by atoms with Gasteiger partial charge in [-0.15, -0.1) is 0 Å². The van der Waals surface area contributed by atoms with Crippen LogP contribution in [-0.4, -0.2) is 103 Å². The lowest BCUT2D eigenvalue weighted by Gasteiger charge is -2.33. The first-order valence-corrected chi connectivity index (χ1v) is 20.3. The quantitative estimate of drug-likeness (QED) is 0.155. The van der Waals surface area contributed by atoms with Crippen molar-refractivity contribution >= 4 is 43.5 Å². The molecule has 0 bridgehead atoms. The number of nitrogens with two attached hydrogens (primary N) is 1. The van der Waals surface area contributed by atoms with Crippen molar-refractivity contribution in [2.75, 3.05) is 74.9 Å². The van der Waals surface area contributed by atoms with Crippen LogP contribution >= 0.6 is 0 Å². The van der Waals surface area contributed by atoms with E-state index in [1.807, 2.05) is 0 Å². The van der Waals surface area contributed by atoms with Crippen LogP contribution in [0, 0.1) is 11.6 Å². The monoisotopic (exact) mass is 815 g/mol. The van der Waals surface area contributed by atoms with E-state index in [0.717, 1.165) is 0 Å². The number of morpholine rings is 2. The summed E-state index contributed by atoms with van der Waals surface area (Å²) in [6, 6.07) is 23.7. The van der Waals surface area contributed by atoms with E-state index < -0.39 is 38.0 Å². The van der Waals surface area contributed by atoms with Crippen LogP contribution in [-0.2, 0) is 47.7 Å². The molecule has 18 heteroatoms. The number of Topliss-reactive ketones (excluding diaryl/α,β-unsaturated/α-hetero) is 1. The van der Waals surface area contributed by atoms with Crippen LogP contribution < -0.4 is 14.3 Å². The molecule has 300 valence electrons. The molecule has 2 fully saturated rings. The first-order chi connectivity index (χ1) is 26.8. The lowest BCUT2D eigenvalue weighted by Crippen LogP contribution is -2.48. The van der Waals surface area contributed by atoms with Gasteiger partial charge >= 0.3 is 26.4 Å². The molecule has 0 saturated carbocycles. The van der Waals surface area contributed by atoms with E-state index >= 15 is 0 Å². The summed E-state index contributed by atoms with van der Waals surface area (Å²) in [7, 11) is -6.40. The first kappa shape index (κ1) is 42.3. The third-order valence-corrected chi connectivity index (χ3v) is 12.7. The smallest absolute Gasteiger partial charge is 0.337 e. The van der Waals surface area contributed by atoms with E-state index in [9.17, 15) is 35.2 Å². The second kappa shape index (κ2) is 19.4. The Bertz CT molecular complexity index is 1980. The van der Waals surface area contributed by atoms with Crippen molar-refractivity contribution in [2.24, 2.45) is 5.73 Å². The molecule has 2 heterocycles. The van der Waals surface area contributed by atoms with Crippen molar-refractivity contribution in [1.29, 1.82) is 0 Å². The number of ether oxygens (including phenoxy) is 3. The van der Waals surface area contributed by atoms with E-state index in [1.54, 1.807) is 48.5 Å². The Kier molecular flexibility index (Phi) is 14.6. The average molecular weight is 816 g/mol. The molecule has 6 rings (SSSR count). The number of halogens is 2. The van der Waals surface area contributed by atoms with Crippen LogP contribution in [0.15, 0.2) is 97.1 Å². The van der Waals surface area contributed by atoms with Crippen molar-refractivity contribution in [2.45, 2.75) is 13.1 Å². The third kappa shape index (κ3) is 10.7. The number of methoxy groups -OCH3 is 1. The van der Waals surface area contributed by atoms with Gasteiger partial charge in [-0.25, -0.2) is 13.6 Å². The fraction of sp³-hybridized carbons (Fsp3) is 0.316. The number of benzene rings is 4. The molecule has 2 N–H and O–H groups in total. The Hall–Kier alpha value is -4.82. The Morgan fingerprint density at radius 2 is 0.982 bits per heavy atom. The topological polar surface area (TPSA) is 169 Å². The van der Waals surface area contributed by atoms with Crippen LogP contribution in [0.3, 0.4) is 0 Å². The maximum atomic E-state index is 13.3. The minimum atomic E-state index is -3.85. The summed E-state index contributed by atoms with van der Waals surface area (Å²) in [4.78, 5) is 23.3. The van der Waals surface area contributed by atoms with Gasteiger partial charge in [0.1, 0.15) is 11.6 Å². The molecular weight excluding hydrogens is 773 g/mol. The predicted octanol–water partition coefficient (Wildman–Crippen LogP) is 3.75. The molecule has 14 nitrogen and oxygen atoms in total. The first-order valence-electron chi connectivity index (χ1n) is 17.5. The van der Waals surface area contributed by atoms with Crippen LogP contribution in [0.1, 0.15) is 31.8 Å². The van der Waals surface area contributed by atoms with Gasteiger partial charge in [0.25, 0.3) is 0 Å². The second-order valence-corrected chi connectivity index (χ2v) is 16.2. The van der Waals surface area contributed by atoms with E-state index in [0.29, 0.717) is 60.1 Å². The Morgan fingerprint density at radius 1 is 0.625 bits per heavy atom. The van der Waals surface area contributed by atoms with Crippen LogP contribution in [0.2, 0.25) is 0 Å². The average Bonchev–Trinajstić information content (AvgIpc) is 3.23. The number of carbonyl (C=O) groups excluding carboxylic acids is 2. The van der Waals surface area contributed by atoms with Crippen molar-refractivity contribution in [3.8, 4) is 0 Å². The summed E-state index contributed by atoms with van der Waals surface area (Å²) in [6.45, 7) is 2.30. The largest absolute Gasteiger partial charge is 0.465 e. The summed E-state index contributed by atoms with van der Waals surface area (Å²) in [5, 5.41) is 0. The normalized spacial score (nSPS) is 15.3. The number of esters is 1. The second-order valence-electron chi connectivity index (χ2n) is 12.5. The van der Waals surface area contributed by atoms with Gasteiger partial charge in [0.15, 0.2) is 5.78 Å². The van der Waals surface area contributed by atoms with E-state index in [2.05, 4.69) is 4.74 Å². The van der Waals surface area contributed by atoms with Gasteiger partial charge in [0, 0.05) is 31.7 Å². The van der Waals surface area contributed by atoms with Gasteiger partial charge in [-0.3, -0.25) is 13.4 Å². The number of ketones is 1. The Morgan fingerprint density at radius 3 is 1.32 bits per heavy atom. The lowest BCUT2D eigenvalue weighted by atomic mass is 10.1. The molecule has 0 spiro atoms. The zero-order valence-corrected chi connectivity index (χ0v) is 32.3. The zero-order valence-electron chi connectivity index (χ0n) is 30.6. The van der Waals surface area contributed by atoms with Gasteiger partial charge in [-0.2, -0.15) is 25.4 Å². The summed E-state index contributed by atoms with van der Waals surface area (Å²) in [5.74, 6) is -1.56. The molecule has 0 aromatic heterocycles. The highest BCUT2D eigenvalue weighted by Crippen LogP contribution is 2.26. The lowest BCUT2D eigenvalue weighted by molar-refractivity contribution is 0.0600. The molecule has 0 aliphatic carbocycles. The van der Waals surface area contributed by atoms with E-state index in [4.69, 9.17) is 15.2 Å². The molecular formula is C38H43F2N5O9S2. The summed E-state index contributed by atoms with van der Waals surface area (Å²) in [5.41, 5.74) is 8.28. The van der Waals surface area contributed by atoms with Gasteiger partial charge in [0.2, 0.25) is 0 Å². The van der Waals surface area contributed by atoms with Crippen molar-refractivity contribution in [3.05, 3.63) is 131 Å². The molecule has 56 heavy (non-hydrogen) atoms. The maximum absolute atomic E-state index is 13.3. The fourth-order valence-electron chi connectivity index (χ4n) is 5.77. The highest BCUT2D eigenvalue weighted by Gasteiger charge is 2.33. The number of hydrogen-bond acceptors (Lipinski definition) is 10. The summed E-state index contributed by atoms with van der Waals surface area (Å²) < 4.78 is 99.9. The van der Waals surface area contributed by atoms with Crippen molar-refractivity contribution in [3.63, 3.8) is 0 Å². The molecule has 0 amide bonds. The molecule has 0 unspecified atom stereocenters. The number of rotatable bonds is 13. The van der Waals surface area contributed by atoms with Crippen LogP contribution in [0.4, 0.5) is 20.2 Å². The number of nitrogens with zero attached hydrogens (tertiary/aromatic N) is 4. The van der Waals surface area contributed by atoms with Crippen LogP contribution in [0.25, 0.3) is 0 Å². The number of carbonyl (C=O) groups is 2. The number of anilines is 2. The van der Waals surface area contributed by atoms with E-state index in [1.165, 1.54) is 72.9 Å².